The molecule has 0 aliphatic carbocycles. The van der Waals surface area contributed by atoms with Crippen molar-refractivity contribution in [3.8, 4) is 0 Å². The van der Waals surface area contributed by atoms with E-state index in [1.807, 2.05) is 12.2 Å². The largest absolute Gasteiger partial charge is 0.352 e. The van der Waals surface area contributed by atoms with Crippen molar-refractivity contribution in [1.82, 2.24) is 0 Å². The summed E-state index contributed by atoms with van der Waals surface area (Å²) in [5.41, 5.74) is 0. The second kappa shape index (κ2) is 8.43. The number of unbranched alkanes of at least 4 members (excludes halogenated alkanes) is 2. The molecular weight excluding hydrogens is 156 g/mol. The van der Waals surface area contributed by atoms with Crippen LogP contribution in [0.4, 0.5) is 0 Å². The second-order valence-electron chi connectivity index (χ2n) is 2.37. The number of carbonyl (C=O) groups is 1. The molecular formula is C9H16O3. The molecule has 0 amide bonds. The Bertz CT molecular complexity index is 128. The highest BCUT2D eigenvalue weighted by Crippen LogP contribution is 1.98. The van der Waals surface area contributed by atoms with Gasteiger partial charge in [0.15, 0.2) is 6.29 Å². The lowest BCUT2D eigenvalue weighted by Crippen LogP contribution is -2.08. The summed E-state index contributed by atoms with van der Waals surface area (Å²) in [5.74, 6) is 0. The van der Waals surface area contributed by atoms with Crippen LogP contribution in [0.5, 0.6) is 0 Å². The summed E-state index contributed by atoms with van der Waals surface area (Å²) < 4.78 is 9.85. The van der Waals surface area contributed by atoms with Crippen LogP contribution in [0, 0.1) is 0 Å². The highest BCUT2D eigenvalue weighted by atomic mass is 16.7. The molecule has 0 saturated heterocycles. The smallest absolute Gasteiger partial charge is 0.176 e. The van der Waals surface area contributed by atoms with Gasteiger partial charge in [-0.05, 0) is 18.9 Å². The van der Waals surface area contributed by atoms with E-state index in [9.17, 15) is 4.79 Å². The Kier molecular flexibility index (Phi) is 7.96. The maximum Gasteiger partial charge on any atom is 0.176 e. The van der Waals surface area contributed by atoms with E-state index in [2.05, 4.69) is 0 Å². The van der Waals surface area contributed by atoms with Gasteiger partial charge >= 0.3 is 0 Å². The van der Waals surface area contributed by atoms with Crippen LogP contribution < -0.4 is 0 Å². The fourth-order valence-electron chi connectivity index (χ4n) is 0.780. The summed E-state index contributed by atoms with van der Waals surface area (Å²) in [6.45, 7) is 0. The maximum absolute atomic E-state index is 9.94. The van der Waals surface area contributed by atoms with Crippen LogP contribution in [0.2, 0.25) is 0 Å². The molecule has 3 nitrogen and oxygen atoms in total. The third-order valence-electron chi connectivity index (χ3n) is 1.45. The van der Waals surface area contributed by atoms with Gasteiger partial charge in [0.2, 0.25) is 0 Å². The third kappa shape index (κ3) is 6.07. The van der Waals surface area contributed by atoms with Crippen molar-refractivity contribution < 1.29 is 14.3 Å². The molecule has 0 spiro atoms. The first-order valence-electron chi connectivity index (χ1n) is 4.01. The molecule has 0 aliphatic heterocycles. The summed E-state index contributed by atoms with van der Waals surface area (Å²) in [7, 11) is 3.17. The van der Waals surface area contributed by atoms with E-state index in [1.54, 1.807) is 14.2 Å². The Morgan fingerprint density at radius 3 is 2.42 bits per heavy atom. The number of methoxy groups -OCH3 is 2. The summed E-state index contributed by atoms with van der Waals surface area (Å²) >= 11 is 0. The van der Waals surface area contributed by atoms with Crippen molar-refractivity contribution >= 4 is 6.29 Å². The number of rotatable bonds is 7. The first-order chi connectivity index (χ1) is 5.85. The predicted molar refractivity (Wildman–Crippen MR) is 46.9 cm³/mol. The molecule has 0 aromatic rings. The quantitative estimate of drug-likeness (QED) is 0.253. The monoisotopic (exact) mass is 172 g/mol. The molecule has 0 unspecified atom stereocenters. The van der Waals surface area contributed by atoms with Gasteiger partial charge in [0, 0.05) is 20.6 Å². The van der Waals surface area contributed by atoms with E-state index >= 15 is 0 Å². The molecule has 0 rings (SSSR count). The Morgan fingerprint density at radius 2 is 1.92 bits per heavy atom. The number of carbonyl (C=O) groups excluding carboxylic acids is 1. The average molecular weight is 172 g/mol. The van der Waals surface area contributed by atoms with Crippen LogP contribution in [-0.4, -0.2) is 26.8 Å². The minimum Gasteiger partial charge on any atom is -0.352 e. The molecule has 0 atom stereocenters. The zero-order valence-electron chi connectivity index (χ0n) is 7.66. The van der Waals surface area contributed by atoms with E-state index in [4.69, 9.17) is 9.47 Å². The van der Waals surface area contributed by atoms with Gasteiger partial charge in [-0.25, -0.2) is 0 Å². The molecule has 70 valence electrons. The van der Waals surface area contributed by atoms with E-state index in [-0.39, 0.29) is 6.29 Å². The number of allylic oxidation sites excluding steroid dienone is 1. The molecule has 0 aromatic carbocycles. The van der Waals surface area contributed by atoms with E-state index in [0.29, 0.717) is 6.42 Å². The van der Waals surface area contributed by atoms with Crippen LogP contribution in [0.3, 0.4) is 0 Å². The lowest BCUT2D eigenvalue weighted by Gasteiger charge is -2.06. The molecule has 0 fully saturated rings. The highest BCUT2D eigenvalue weighted by Gasteiger charge is 1.95. The standard InChI is InChI=1S/C9H16O3/c1-11-9(12-2)7-5-3-4-6-8-10/h5,7-9H,3-4,6H2,1-2H3/b7-5+. The molecule has 0 heterocycles. The lowest BCUT2D eigenvalue weighted by molar-refractivity contribution is -0.107. The molecule has 0 aromatic heterocycles. The van der Waals surface area contributed by atoms with Crippen LogP contribution in [0.25, 0.3) is 0 Å². The predicted octanol–water partition coefficient (Wildman–Crippen LogP) is 1.53. The second-order valence-corrected chi connectivity index (χ2v) is 2.37. The number of hydrogen-bond donors (Lipinski definition) is 0. The summed E-state index contributed by atoms with van der Waals surface area (Å²) in [5, 5.41) is 0. The Morgan fingerprint density at radius 1 is 1.25 bits per heavy atom. The number of hydrogen-bond acceptors (Lipinski definition) is 3. The molecule has 0 aliphatic rings. The molecule has 0 N–H and O–H groups in total. The summed E-state index contributed by atoms with van der Waals surface area (Å²) in [6.07, 6.45) is 6.86. The zero-order valence-corrected chi connectivity index (χ0v) is 7.66. The van der Waals surface area contributed by atoms with Crippen molar-refractivity contribution in [3.63, 3.8) is 0 Å². The Labute approximate surface area is 73.4 Å². The molecule has 12 heavy (non-hydrogen) atoms. The normalized spacial score (nSPS) is 11.2. The van der Waals surface area contributed by atoms with E-state index in [1.165, 1.54) is 0 Å². The average Bonchev–Trinajstić information content (AvgIpc) is 2.11. The van der Waals surface area contributed by atoms with Gasteiger partial charge in [-0.3, -0.25) is 0 Å². The van der Waals surface area contributed by atoms with Crippen LogP contribution in [0.1, 0.15) is 19.3 Å². The zero-order chi connectivity index (χ0) is 9.23. The number of ether oxygens (including phenoxy) is 2. The molecule has 3 heteroatoms. The first-order valence-corrected chi connectivity index (χ1v) is 4.01. The summed E-state index contributed by atoms with van der Waals surface area (Å²) in [4.78, 5) is 9.94. The van der Waals surface area contributed by atoms with Gasteiger partial charge in [0.1, 0.15) is 6.29 Å². The van der Waals surface area contributed by atoms with Crippen molar-refractivity contribution in [3.05, 3.63) is 12.2 Å². The van der Waals surface area contributed by atoms with E-state index < -0.39 is 0 Å². The fraction of sp³-hybridized carbons (Fsp3) is 0.667. The van der Waals surface area contributed by atoms with Gasteiger partial charge in [-0.15, -0.1) is 0 Å². The minimum atomic E-state index is -0.263. The van der Waals surface area contributed by atoms with Crippen molar-refractivity contribution in [1.29, 1.82) is 0 Å². The van der Waals surface area contributed by atoms with E-state index in [0.717, 1.165) is 19.1 Å². The van der Waals surface area contributed by atoms with Gasteiger partial charge in [-0.1, -0.05) is 6.08 Å². The van der Waals surface area contributed by atoms with Crippen LogP contribution in [-0.2, 0) is 14.3 Å². The van der Waals surface area contributed by atoms with Crippen molar-refractivity contribution in [2.24, 2.45) is 0 Å². The minimum absolute atomic E-state index is 0.263. The fourth-order valence-corrected chi connectivity index (χ4v) is 0.780. The van der Waals surface area contributed by atoms with Gasteiger partial charge in [0.05, 0.1) is 0 Å². The van der Waals surface area contributed by atoms with Crippen LogP contribution >= 0.6 is 0 Å². The molecule has 0 radical (unpaired) electrons. The van der Waals surface area contributed by atoms with Gasteiger partial charge < -0.3 is 14.3 Å². The topological polar surface area (TPSA) is 35.5 Å². The Hall–Kier alpha value is -0.670. The van der Waals surface area contributed by atoms with Crippen molar-refractivity contribution in [2.75, 3.05) is 14.2 Å². The SMILES string of the molecule is COC(/C=C/CCCC=O)OC. The highest BCUT2D eigenvalue weighted by molar-refractivity contribution is 5.48. The number of aldehydes is 1. The van der Waals surface area contributed by atoms with Gasteiger partial charge in [-0.2, -0.15) is 0 Å². The van der Waals surface area contributed by atoms with Crippen molar-refractivity contribution in [2.45, 2.75) is 25.6 Å². The lowest BCUT2D eigenvalue weighted by atomic mass is 10.2. The first kappa shape index (κ1) is 11.3. The molecule has 0 bridgehead atoms. The third-order valence-corrected chi connectivity index (χ3v) is 1.45. The maximum atomic E-state index is 9.94. The Balaban J connectivity index is 3.38. The van der Waals surface area contributed by atoms with Gasteiger partial charge in [0.25, 0.3) is 0 Å². The summed E-state index contributed by atoms with van der Waals surface area (Å²) in [6, 6.07) is 0. The molecule has 0 saturated carbocycles. The van der Waals surface area contributed by atoms with Crippen LogP contribution in [0.15, 0.2) is 12.2 Å².